The van der Waals surface area contributed by atoms with Crippen LogP contribution in [0.4, 0.5) is 0 Å². The SMILES string of the molecule is COc1ccc(CN(C)C(C)C(C)C)cc1B(O)O. The first-order chi connectivity index (χ1) is 8.86. The second-order valence-corrected chi connectivity index (χ2v) is 5.35. The summed E-state index contributed by atoms with van der Waals surface area (Å²) >= 11 is 0. The van der Waals surface area contributed by atoms with Gasteiger partial charge in [0.25, 0.3) is 0 Å². The van der Waals surface area contributed by atoms with Gasteiger partial charge in [0.2, 0.25) is 0 Å². The van der Waals surface area contributed by atoms with Crippen LogP contribution in [0.5, 0.6) is 5.75 Å². The highest BCUT2D eigenvalue weighted by Gasteiger charge is 2.19. The molecule has 5 heteroatoms. The highest BCUT2D eigenvalue weighted by molar-refractivity contribution is 6.59. The molecular weight excluding hydrogens is 241 g/mol. The van der Waals surface area contributed by atoms with E-state index in [1.807, 2.05) is 6.07 Å². The van der Waals surface area contributed by atoms with Crippen molar-refractivity contribution in [2.45, 2.75) is 33.4 Å². The van der Waals surface area contributed by atoms with Crippen LogP contribution in [0.1, 0.15) is 26.3 Å². The first-order valence-electron chi connectivity index (χ1n) is 6.60. The van der Waals surface area contributed by atoms with E-state index >= 15 is 0 Å². The van der Waals surface area contributed by atoms with Gasteiger partial charge in [0.15, 0.2) is 0 Å². The van der Waals surface area contributed by atoms with Crippen molar-refractivity contribution in [3.63, 3.8) is 0 Å². The lowest BCUT2D eigenvalue weighted by Crippen LogP contribution is -2.34. The van der Waals surface area contributed by atoms with Gasteiger partial charge in [0.05, 0.1) is 7.11 Å². The molecule has 0 aliphatic rings. The molecule has 2 N–H and O–H groups in total. The third kappa shape index (κ3) is 4.23. The van der Waals surface area contributed by atoms with Crippen molar-refractivity contribution < 1.29 is 14.8 Å². The number of ether oxygens (including phenoxy) is 1. The topological polar surface area (TPSA) is 52.9 Å². The van der Waals surface area contributed by atoms with Gasteiger partial charge in [-0.3, -0.25) is 4.90 Å². The Hall–Kier alpha value is -1.04. The van der Waals surface area contributed by atoms with E-state index in [0.29, 0.717) is 23.2 Å². The van der Waals surface area contributed by atoms with E-state index in [1.54, 1.807) is 12.1 Å². The zero-order valence-electron chi connectivity index (χ0n) is 12.4. The maximum absolute atomic E-state index is 9.35. The number of methoxy groups -OCH3 is 1. The molecule has 4 nitrogen and oxygen atoms in total. The van der Waals surface area contributed by atoms with Crippen LogP contribution in [0.2, 0.25) is 0 Å². The third-order valence-electron chi connectivity index (χ3n) is 3.66. The normalized spacial score (nSPS) is 12.9. The summed E-state index contributed by atoms with van der Waals surface area (Å²) < 4.78 is 5.12. The predicted octanol–water partition coefficient (Wildman–Crippen LogP) is 0.851. The lowest BCUT2D eigenvalue weighted by Gasteiger charge is -2.28. The van der Waals surface area contributed by atoms with Crippen molar-refractivity contribution in [2.75, 3.05) is 14.2 Å². The third-order valence-corrected chi connectivity index (χ3v) is 3.66. The maximum Gasteiger partial charge on any atom is 0.492 e. The Kier molecular flexibility index (Phi) is 5.85. The van der Waals surface area contributed by atoms with Gasteiger partial charge in [-0.1, -0.05) is 26.0 Å². The minimum Gasteiger partial charge on any atom is -0.497 e. The predicted molar refractivity (Wildman–Crippen MR) is 78.6 cm³/mol. The van der Waals surface area contributed by atoms with Crippen molar-refractivity contribution >= 4 is 12.6 Å². The second-order valence-electron chi connectivity index (χ2n) is 5.35. The van der Waals surface area contributed by atoms with E-state index in [0.717, 1.165) is 12.1 Å². The Bertz CT molecular complexity index is 410. The molecule has 1 aromatic carbocycles. The zero-order chi connectivity index (χ0) is 14.6. The van der Waals surface area contributed by atoms with Crippen LogP contribution in [-0.2, 0) is 6.54 Å². The molecule has 0 aliphatic heterocycles. The lowest BCUT2D eigenvalue weighted by atomic mass is 9.78. The summed E-state index contributed by atoms with van der Waals surface area (Å²) in [5, 5.41) is 18.7. The van der Waals surface area contributed by atoms with E-state index in [1.165, 1.54) is 7.11 Å². The molecule has 0 saturated carbocycles. The standard InChI is InChI=1S/C14H24BNO3/c1-10(2)11(3)16(4)9-12-6-7-14(19-5)13(8-12)15(17)18/h6-8,10-11,17-18H,9H2,1-5H3. The molecule has 106 valence electrons. The van der Waals surface area contributed by atoms with Gasteiger partial charge >= 0.3 is 7.12 Å². The van der Waals surface area contributed by atoms with Crippen LogP contribution in [0, 0.1) is 5.92 Å². The van der Waals surface area contributed by atoms with Gasteiger partial charge in [-0.05, 0) is 31.5 Å². The molecule has 0 aliphatic carbocycles. The zero-order valence-corrected chi connectivity index (χ0v) is 12.4. The highest BCUT2D eigenvalue weighted by atomic mass is 16.5. The molecule has 0 spiro atoms. The number of hydrogen-bond donors (Lipinski definition) is 2. The molecule has 0 saturated heterocycles. The first kappa shape index (κ1) is 16.0. The van der Waals surface area contributed by atoms with Gasteiger partial charge < -0.3 is 14.8 Å². The average Bonchev–Trinajstić information content (AvgIpc) is 2.37. The molecule has 1 aromatic rings. The summed E-state index contributed by atoms with van der Waals surface area (Å²) in [7, 11) is 2.08. The van der Waals surface area contributed by atoms with Gasteiger partial charge in [0.1, 0.15) is 5.75 Å². The van der Waals surface area contributed by atoms with Crippen molar-refractivity contribution in [1.29, 1.82) is 0 Å². The number of benzene rings is 1. The van der Waals surface area contributed by atoms with Crippen LogP contribution >= 0.6 is 0 Å². The smallest absolute Gasteiger partial charge is 0.492 e. The summed E-state index contributed by atoms with van der Waals surface area (Å²) in [5.41, 5.74) is 1.45. The first-order valence-corrected chi connectivity index (χ1v) is 6.60. The summed E-state index contributed by atoms with van der Waals surface area (Å²) in [4.78, 5) is 2.25. The quantitative estimate of drug-likeness (QED) is 0.749. The summed E-state index contributed by atoms with van der Waals surface area (Å²) in [6, 6.07) is 5.98. The Morgan fingerprint density at radius 3 is 2.37 bits per heavy atom. The highest BCUT2D eigenvalue weighted by Crippen LogP contribution is 2.15. The summed E-state index contributed by atoms with van der Waals surface area (Å²) in [6.45, 7) is 7.34. The average molecular weight is 265 g/mol. The molecule has 1 atom stereocenters. The molecule has 19 heavy (non-hydrogen) atoms. The van der Waals surface area contributed by atoms with Crippen molar-refractivity contribution in [3.05, 3.63) is 23.8 Å². The maximum atomic E-state index is 9.35. The van der Waals surface area contributed by atoms with Gasteiger partial charge in [-0.25, -0.2) is 0 Å². The Labute approximate surface area is 116 Å². The Balaban J connectivity index is 2.88. The fourth-order valence-electron chi connectivity index (χ4n) is 2.02. The summed E-state index contributed by atoms with van der Waals surface area (Å²) in [6.07, 6.45) is 0. The number of rotatable bonds is 6. The number of nitrogens with zero attached hydrogens (tertiary/aromatic N) is 1. The molecule has 0 bridgehead atoms. The Morgan fingerprint density at radius 1 is 1.26 bits per heavy atom. The molecule has 0 heterocycles. The molecule has 1 unspecified atom stereocenters. The monoisotopic (exact) mass is 265 g/mol. The molecule has 1 rings (SSSR count). The minimum atomic E-state index is -1.51. The van der Waals surface area contributed by atoms with Crippen LogP contribution in [-0.4, -0.2) is 42.3 Å². The van der Waals surface area contributed by atoms with E-state index in [4.69, 9.17) is 4.74 Å². The van der Waals surface area contributed by atoms with Crippen molar-refractivity contribution in [1.82, 2.24) is 4.90 Å². The number of hydrogen-bond acceptors (Lipinski definition) is 4. The summed E-state index contributed by atoms with van der Waals surface area (Å²) in [5.74, 6) is 1.07. The van der Waals surface area contributed by atoms with Gasteiger partial charge in [-0.2, -0.15) is 0 Å². The fraction of sp³-hybridized carbons (Fsp3) is 0.571. The van der Waals surface area contributed by atoms with Crippen LogP contribution in [0.15, 0.2) is 18.2 Å². The molecule has 0 fully saturated rings. The minimum absolute atomic E-state index is 0.408. The molecule has 0 amide bonds. The molecular formula is C14H24BNO3. The fourth-order valence-corrected chi connectivity index (χ4v) is 2.02. The van der Waals surface area contributed by atoms with Gasteiger partial charge in [-0.15, -0.1) is 0 Å². The lowest BCUT2D eigenvalue weighted by molar-refractivity contribution is 0.200. The van der Waals surface area contributed by atoms with Gasteiger partial charge in [0, 0.05) is 18.0 Å². The second kappa shape index (κ2) is 6.94. The van der Waals surface area contributed by atoms with Crippen molar-refractivity contribution in [3.8, 4) is 5.75 Å². The van der Waals surface area contributed by atoms with E-state index in [9.17, 15) is 10.0 Å². The van der Waals surface area contributed by atoms with Crippen LogP contribution in [0.25, 0.3) is 0 Å². The molecule has 0 aromatic heterocycles. The van der Waals surface area contributed by atoms with Crippen molar-refractivity contribution in [2.24, 2.45) is 5.92 Å². The van der Waals surface area contributed by atoms with E-state index in [2.05, 4.69) is 32.7 Å². The largest absolute Gasteiger partial charge is 0.497 e. The Morgan fingerprint density at radius 2 is 1.89 bits per heavy atom. The van der Waals surface area contributed by atoms with E-state index < -0.39 is 7.12 Å². The van der Waals surface area contributed by atoms with E-state index in [-0.39, 0.29) is 0 Å². The van der Waals surface area contributed by atoms with Crippen LogP contribution in [0.3, 0.4) is 0 Å². The molecule has 0 radical (unpaired) electrons. The van der Waals surface area contributed by atoms with Crippen LogP contribution < -0.4 is 10.2 Å².